The Morgan fingerprint density at radius 1 is 1.05 bits per heavy atom. The first-order chi connectivity index (χ1) is 20.2. The second-order valence-corrected chi connectivity index (χ2v) is 10.3. The van der Waals surface area contributed by atoms with Crippen LogP contribution in [0.15, 0.2) is 65.2 Å². The van der Waals surface area contributed by atoms with E-state index in [2.05, 4.69) is 23.1 Å². The van der Waals surface area contributed by atoms with Gasteiger partial charge >= 0.3 is 0 Å². The lowest BCUT2D eigenvalue weighted by Crippen LogP contribution is -2.18. The van der Waals surface area contributed by atoms with Crippen LogP contribution in [0.2, 0.25) is 0 Å². The molecule has 0 atom stereocenters. The lowest BCUT2D eigenvalue weighted by molar-refractivity contribution is 0.0964. The maximum atomic E-state index is 14.8. The molecule has 210 valence electrons. The molecule has 3 aromatic heterocycles. The summed E-state index contributed by atoms with van der Waals surface area (Å²) < 4.78 is 58.4. The molecule has 6 aromatic rings. The molecular formula is C30H20F3N5O3S. The molecule has 1 amide bonds. The Morgan fingerprint density at radius 2 is 1.88 bits per heavy atom. The average Bonchev–Trinajstić information content (AvgIpc) is 3.55. The minimum atomic E-state index is -0.879. The van der Waals surface area contributed by atoms with Crippen LogP contribution in [0.4, 0.5) is 18.9 Å². The number of aromatic nitrogens is 3. The number of thiol groups is 1. The molecule has 7 rings (SSSR count). The van der Waals surface area contributed by atoms with Gasteiger partial charge in [0.25, 0.3) is 5.91 Å². The van der Waals surface area contributed by atoms with Crippen molar-refractivity contribution in [2.24, 2.45) is 0 Å². The Bertz CT molecular complexity index is 2090. The molecule has 3 aromatic carbocycles. The van der Waals surface area contributed by atoms with Gasteiger partial charge in [0.15, 0.2) is 24.1 Å². The third-order valence-corrected chi connectivity index (χ3v) is 7.48. The van der Waals surface area contributed by atoms with Crippen LogP contribution in [-0.2, 0) is 6.73 Å². The highest BCUT2D eigenvalue weighted by Gasteiger charge is 2.28. The molecule has 0 saturated carbocycles. The van der Waals surface area contributed by atoms with Crippen molar-refractivity contribution in [3.63, 3.8) is 0 Å². The van der Waals surface area contributed by atoms with E-state index in [1.165, 1.54) is 29.7 Å². The number of nitrogens with zero attached hydrogens (tertiary/aromatic N) is 4. The van der Waals surface area contributed by atoms with Gasteiger partial charge in [-0.3, -0.25) is 4.79 Å². The molecule has 1 N–H and O–H groups in total. The zero-order chi connectivity index (χ0) is 29.3. The van der Waals surface area contributed by atoms with Gasteiger partial charge in [-0.25, -0.2) is 23.1 Å². The van der Waals surface area contributed by atoms with E-state index < -0.39 is 17.5 Å². The van der Waals surface area contributed by atoms with Crippen molar-refractivity contribution in [1.82, 2.24) is 19.9 Å². The molecule has 0 bridgehead atoms. The van der Waals surface area contributed by atoms with Gasteiger partial charge in [0.05, 0.1) is 34.2 Å². The third kappa shape index (κ3) is 3.90. The van der Waals surface area contributed by atoms with Crippen molar-refractivity contribution in [2.75, 3.05) is 18.4 Å². The first-order valence-corrected chi connectivity index (χ1v) is 13.1. The fraction of sp³-hybridized carbons (Fsp3) is 0.100. The summed E-state index contributed by atoms with van der Waals surface area (Å²) in [7, 11) is 3.14. The van der Waals surface area contributed by atoms with Gasteiger partial charge in [-0.15, -0.1) is 0 Å². The Morgan fingerprint density at radius 3 is 2.64 bits per heavy atom. The highest BCUT2D eigenvalue weighted by Crippen LogP contribution is 2.43. The minimum Gasteiger partial charge on any atom is -0.469 e. The number of carbonyl (C=O) groups excluding carboxylic acids is 1. The van der Waals surface area contributed by atoms with E-state index in [9.17, 15) is 18.0 Å². The summed E-state index contributed by atoms with van der Waals surface area (Å²) >= 11 is 4.50. The van der Waals surface area contributed by atoms with Crippen molar-refractivity contribution in [3.8, 4) is 39.8 Å². The molecule has 0 aliphatic carbocycles. The van der Waals surface area contributed by atoms with Gasteiger partial charge < -0.3 is 23.3 Å². The van der Waals surface area contributed by atoms with Gasteiger partial charge in [0, 0.05) is 42.6 Å². The number of ether oxygens (including phenoxy) is 1. The first-order valence-electron chi connectivity index (χ1n) is 12.7. The SMILES string of the molecule is CNC(=O)c1c(-c2ccc(F)cc2F)oc2cc(N(C)S)c(-c3ncc4c(n3)-c3cc5c(F)cccc5n3CO4)cc12. The molecule has 0 fully saturated rings. The van der Waals surface area contributed by atoms with Gasteiger partial charge in [-0.1, -0.05) is 18.9 Å². The Labute approximate surface area is 241 Å². The van der Waals surface area contributed by atoms with Gasteiger partial charge in [-0.2, -0.15) is 0 Å². The molecule has 0 radical (unpaired) electrons. The van der Waals surface area contributed by atoms with Crippen molar-refractivity contribution in [3.05, 3.63) is 83.8 Å². The monoisotopic (exact) mass is 587 g/mol. The van der Waals surface area contributed by atoms with Crippen molar-refractivity contribution in [2.45, 2.75) is 6.73 Å². The summed E-state index contributed by atoms with van der Waals surface area (Å²) in [5.74, 6) is -1.88. The van der Waals surface area contributed by atoms with Crippen LogP contribution in [0, 0.1) is 17.5 Å². The van der Waals surface area contributed by atoms with Crippen molar-refractivity contribution in [1.29, 1.82) is 0 Å². The standard InChI is InChI=1S/C30H20F3N5O3S/c1-34-30(39)26-18-9-17(22(37(2)42)11-24(18)41-28(26)15-7-6-14(31)8-20(15)33)29-35-12-25-27(36-29)23-10-16-19(32)4-3-5-21(16)38(23)13-40-25/h3-12,42H,13H2,1-2H3,(H,34,39). The van der Waals surface area contributed by atoms with Gasteiger partial charge in [-0.05, 0) is 36.4 Å². The normalized spacial score (nSPS) is 12.2. The van der Waals surface area contributed by atoms with Crippen molar-refractivity contribution >= 4 is 46.3 Å². The van der Waals surface area contributed by atoms with E-state index in [0.29, 0.717) is 44.7 Å². The van der Waals surface area contributed by atoms with E-state index in [1.807, 2.05) is 4.57 Å². The van der Waals surface area contributed by atoms with Crippen LogP contribution in [-0.4, -0.2) is 34.5 Å². The fourth-order valence-corrected chi connectivity index (χ4v) is 5.47. The Kier molecular flexibility index (Phi) is 5.91. The van der Waals surface area contributed by atoms with Crippen LogP contribution in [0.3, 0.4) is 0 Å². The number of nitrogens with one attached hydrogen (secondary N) is 1. The van der Waals surface area contributed by atoms with Crippen molar-refractivity contribution < 1.29 is 27.1 Å². The molecule has 0 saturated heterocycles. The number of rotatable bonds is 4. The maximum Gasteiger partial charge on any atom is 0.255 e. The molecule has 1 aliphatic heterocycles. The summed E-state index contributed by atoms with van der Waals surface area (Å²) in [4.78, 5) is 22.4. The lowest BCUT2D eigenvalue weighted by atomic mass is 10.0. The number of hydrogen-bond acceptors (Lipinski definition) is 7. The second-order valence-electron chi connectivity index (χ2n) is 9.71. The molecule has 8 nitrogen and oxygen atoms in total. The summed E-state index contributed by atoms with van der Waals surface area (Å²) in [6, 6.07) is 12.9. The van der Waals surface area contributed by atoms with Crippen LogP contribution in [0.1, 0.15) is 10.4 Å². The first kappa shape index (κ1) is 26.0. The highest BCUT2D eigenvalue weighted by atomic mass is 32.1. The second kappa shape index (κ2) is 9.55. The smallest absolute Gasteiger partial charge is 0.255 e. The molecule has 0 unspecified atom stereocenters. The van der Waals surface area contributed by atoms with E-state index in [-0.39, 0.29) is 40.8 Å². The fourth-order valence-electron chi connectivity index (χ4n) is 5.30. The molecule has 12 heteroatoms. The van der Waals surface area contributed by atoms with E-state index in [0.717, 1.165) is 12.1 Å². The number of fused-ring (bicyclic) bond motifs is 6. The summed E-state index contributed by atoms with van der Waals surface area (Å²) in [5.41, 5.74) is 3.05. The van der Waals surface area contributed by atoms with E-state index in [1.54, 1.807) is 37.4 Å². The van der Waals surface area contributed by atoms with Crippen LogP contribution in [0.25, 0.3) is 56.0 Å². The molecule has 0 spiro atoms. The molecule has 42 heavy (non-hydrogen) atoms. The number of benzene rings is 3. The van der Waals surface area contributed by atoms with E-state index >= 15 is 0 Å². The predicted octanol–water partition coefficient (Wildman–Crippen LogP) is 6.59. The average molecular weight is 588 g/mol. The maximum absolute atomic E-state index is 14.8. The number of hydrogen-bond donors (Lipinski definition) is 2. The summed E-state index contributed by atoms with van der Waals surface area (Å²) in [5, 5.41) is 3.36. The Hall–Kier alpha value is -4.97. The highest BCUT2D eigenvalue weighted by molar-refractivity contribution is 7.81. The predicted molar refractivity (Wildman–Crippen MR) is 155 cm³/mol. The number of anilines is 1. The largest absolute Gasteiger partial charge is 0.469 e. The molecular weight excluding hydrogens is 567 g/mol. The topological polar surface area (TPSA) is 85.4 Å². The van der Waals surface area contributed by atoms with Crippen LogP contribution in [0.5, 0.6) is 5.75 Å². The molecule has 4 heterocycles. The summed E-state index contributed by atoms with van der Waals surface area (Å²) in [6.07, 6.45) is 1.54. The van der Waals surface area contributed by atoms with Gasteiger partial charge in [0.1, 0.15) is 28.7 Å². The quantitative estimate of drug-likeness (QED) is 0.227. The summed E-state index contributed by atoms with van der Waals surface area (Å²) in [6.45, 7) is 0.168. The molecule has 1 aliphatic rings. The Balaban J connectivity index is 1.46. The van der Waals surface area contributed by atoms with Crippen LogP contribution < -0.4 is 14.4 Å². The van der Waals surface area contributed by atoms with E-state index in [4.69, 9.17) is 14.1 Å². The number of halogens is 3. The zero-order valence-electron chi connectivity index (χ0n) is 22.1. The van der Waals surface area contributed by atoms with Gasteiger partial charge in [0.2, 0.25) is 0 Å². The number of amides is 1. The lowest BCUT2D eigenvalue weighted by Gasteiger charge is -2.21. The minimum absolute atomic E-state index is 0.0573. The number of carbonyl (C=O) groups is 1. The zero-order valence-corrected chi connectivity index (χ0v) is 23.0. The van der Waals surface area contributed by atoms with Crippen LogP contribution >= 0.6 is 12.8 Å². The number of furan rings is 1. The third-order valence-electron chi connectivity index (χ3n) is 7.27.